The van der Waals surface area contributed by atoms with Gasteiger partial charge in [0.2, 0.25) is 11.6 Å². The third kappa shape index (κ3) is 5.46. The van der Waals surface area contributed by atoms with Gasteiger partial charge in [-0.2, -0.15) is 0 Å². The highest BCUT2D eigenvalue weighted by molar-refractivity contribution is 6.23. The highest BCUT2D eigenvalue weighted by Crippen LogP contribution is 2.33. The fourth-order valence-corrected chi connectivity index (χ4v) is 4.75. The average Bonchev–Trinajstić information content (AvgIpc) is 3.17. The van der Waals surface area contributed by atoms with Gasteiger partial charge in [0.15, 0.2) is 0 Å². The zero-order valence-electron chi connectivity index (χ0n) is 22.1. The summed E-state index contributed by atoms with van der Waals surface area (Å²) < 4.78 is 13.0. The molecule has 2 aromatic rings. The molecule has 1 fully saturated rings. The molecule has 1 aromatic carbocycles. The molecule has 0 N–H and O–H groups in total. The number of morpholine rings is 1. The number of azo groups is 1. The number of ether oxygens (including phenoxy) is 2. The number of carbonyl (C=O) groups is 2. The van der Waals surface area contributed by atoms with Gasteiger partial charge < -0.3 is 9.47 Å². The first kappa shape index (κ1) is 27.4. The van der Waals surface area contributed by atoms with Gasteiger partial charge in [-0.15, -0.1) is 10.2 Å². The smallest absolute Gasteiger partial charge is 0.333 e. The first-order chi connectivity index (χ1) is 18.4. The molecule has 0 bridgehead atoms. The number of imide groups is 1. The van der Waals surface area contributed by atoms with Crippen LogP contribution in [0.4, 0.5) is 11.4 Å². The van der Waals surface area contributed by atoms with E-state index in [4.69, 9.17) is 9.47 Å². The summed E-state index contributed by atoms with van der Waals surface area (Å²) in [6.45, 7) is 6.38. The van der Waals surface area contributed by atoms with Gasteiger partial charge in [0.25, 0.3) is 17.4 Å². The summed E-state index contributed by atoms with van der Waals surface area (Å²) in [4.78, 5) is 55.6. The number of benzene rings is 1. The lowest BCUT2D eigenvalue weighted by Gasteiger charge is -2.27. The standard InChI is InChI=1S/C26H34N6O6/c1-4-5-6-12-32-24(35)21(25(37-3)29(2)26(32)36)28-27-19-10-7-9-18-20(19)23(34)31(22(18)33)13-8-11-30-14-16-38-17-15-30/h7,9-10H,4-6,8,11-17H2,1-3H3. The van der Waals surface area contributed by atoms with Gasteiger partial charge in [-0.1, -0.05) is 25.8 Å². The maximum atomic E-state index is 13.2. The molecule has 2 aliphatic rings. The minimum Gasteiger partial charge on any atom is -0.480 e. The molecule has 1 saturated heterocycles. The topological polar surface area (TPSA) is 128 Å². The van der Waals surface area contributed by atoms with E-state index in [0.29, 0.717) is 26.1 Å². The number of nitrogens with zero attached hydrogens (tertiary/aromatic N) is 6. The molecule has 204 valence electrons. The van der Waals surface area contributed by atoms with Gasteiger partial charge in [-0.25, -0.2) is 4.79 Å². The van der Waals surface area contributed by atoms with Crippen molar-refractivity contribution in [2.75, 3.05) is 46.5 Å². The molecule has 0 atom stereocenters. The predicted molar refractivity (Wildman–Crippen MR) is 140 cm³/mol. The number of unbranched alkanes of at least 4 members (excludes halogenated alkanes) is 2. The number of fused-ring (bicyclic) bond motifs is 1. The molecular formula is C26H34N6O6. The maximum absolute atomic E-state index is 13.2. The van der Waals surface area contributed by atoms with Crippen LogP contribution in [-0.4, -0.2) is 77.3 Å². The molecule has 0 radical (unpaired) electrons. The first-order valence-electron chi connectivity index (χ1n) is 13.0. The molecule has 0 saturated carbocycles. The fourth-order valence-electron chi connectivity index (χ4n) is 4.75. The van der Waals surface area contributed by atoms with E-state index in [-0.39, 0.29) is 47.4 Å². The van der Waals surface area contributed by atoms with Gasteiger partial charge >= 0.3 is 5.69 Å². The highest BCUT2D eigenvalue weighted by atomic mass is 16.5. The van der Waals surface area contributed by atoms with Crippen molar-refractivity contribution in [3.8, 4) is 5.88 Å². The van der Waals surface area contributed by atoms with Crippen LogP contribution in [0.2, 0.25) is 0 Å². The Hall–Kier alpha value is -3.64. The Balaban J connectivity index is 1.59. The van der Waals surface area contributed by atoms with Crippen molar-refractivity contribution >= 4 is 23.2 Å². The van der Waals surface area contributed by atoms with Gasteiger partial charge in [-0.3, -0.25) is 33.3 Å². The summed E-state index contributed by atoms with van der Waals surface area (Å²) in [6.07, 6.45) is 3.12. The van der Waals surface area contributed by atoms with E-state index in [1.807, 2.05) is 6.92 Å². The Kier molecular flexibility index (Phi) is 8.85. The average molecular weight is 527 g/mol. The number of carbonyl (C=O) groups excluding carboxylic acids is 2. The molecule has 4 rings (SSSR count). The summed E-state index contributed by atoms with van der Waals surface area (Å²) >= 11 is 0. The molecule has 38 heavy (non-hydrogen) atoms. The van der Waals surface area contributed by atoms with E-state index in [9.17, 15) is 19.2 Å². The Morgan fingerprint density at radius 1 is 0.947 bits per heavy atom. The van der Waals surface area contributed by atoms with Crippen LogP contribution in [0.15, 0.2) is 38.0 Å². The number of amides is 2. The third-order valence-corrected chi connectivity index (χ3v) is 6.85. The maximum Gasteiger partial charge on any atom is 0.333 e. The molecular weight excluding hydrogens is 492 g/mol. The zero-order chi connectivity index (χ0) is 27.2. The van der Waals surface area contributed by atoms with Gasteiger partial charge in [0.1, 0.15) is 0 Å². The Labute approximate surface area is 220 Å². The van der Waals surface area contributed by atoms with Crippen molar-refractivity contribution < 1.29 is 19.1 Å². The summed E-state index contributed by atoms with van der Waals surface area (Å²) in [5, 5.41) is 8.32. The molecule has 12 heteroatoms. The van der Waals surface area contributed by atoms with Crippen LogP contribution in [0.1, 0.15) is 53.3 Å². The lowest BCUT2D eigenvalue weighted by atomic mass is 10.1. The molecule has 0 aliphatic carbocycles. The second-order valence-electron chi connectivity index (χ2n) is 9.33. The largest absolute Gasteiger partial charge is 0.480 e. The Morgan fingerprint density at radius 2 is 1.71 bits per heavy atom. The Morgan fingerprint density at radius 3 is 2.42 bits per heavy atom. The zero-order valence-corrected chi connectivity index (χ0v) is 22.1. The number of hydrogen-bond acceptors (Lipinski definition) is 9. The SMILES string of the molecule is CCCCCn1c(=O)c(N=Nc2cccc3c2C(=O)N(CCCN2CCOCC2)C3=O)c(OC)n(C)c1=O. The Bertz CT molecular complexity index is 1340. The molecule has 2 aliphatic heterocycles. The van der Waals surface area contributed by atoms with Gasteiger partial charge in [0, 0.05) is 39.8 Å². The molecule has 2 amide bonds. The number of methoxy groups -OCH3 is 1. The van der Waals surface area contributed by atoms with Crippen LogP contribution < -0.4 is 16.0 Å². The van der Waals surface area contributed by atoms with Crippen molar-refractivity contribution in [3.63, 3.8) is 0 Å². The number of hydrogen-bond donors (Lipinski definition) is 0. The number of aromatic nitrogens is 2. The number of rotatable bonds is 11. The molecule has 0 spiro atoms. The van der Waals surface area contributed by atoms with E-state index in [0.717, 1.165) is 37.0 Å². The minimum atomic E-state index is -0.621. The fraction of sp³-hybridized carbons (Fsp3) is 0.538. The van der Waals surface area contributed by atoms with Crippen LogP contribution in [0.25, 0.3) is 0 Å². The molecule has 12 nitrogen and oxygen atoms in total. The molecule has 0 unspecified atom stereocenters. The van der Waals surface area contributed by atoms with Crippen LogP contribution in [0, 0.1) is 0 Å². The summed E-state index contributed by atoms with van der Waals surface area (Å²) in [7, 11) is 2.83. The van der Waals surface area contributed by atoms with E-state index in [1.165, 1.54) is 23.6 Å². The van der Waals surface area contributed by atoms with Crippen LogP contribution in [0.5, 0.6) is 5.88 Å². The highest BCUT2D eigenvalue weighted by Gasteiger charge is 2.37. The van der Waals surface area contributed by atoms with E-state index in [2.05, 4.69) is 15.1 Å². The van der Waals surface area contributed by atoms with E-state index in [1.54, 1.807) is 18.2 Å². The minimum absolute atomic E-state index is 0.0322. The quantitative estimate of drug-likeness (QED) is 0.250. The lowest BCUT2D eigenvalue weighted by Crippen LogP contribution is -2.39. The van der Waals surface area contributed by atoms with Crippen molar-refractivity contribution in [3.05, 3.63) is 50.2 Å². The third-order valence-electron chi connectivity index (χ3n) is 6.85. The van der Waals surface area contributed by atoms with Gasteiger partial charge in [0.05, 0.1) is 37.1 Å². The monoisotopic (exact) mass is 526 g/mol. The van der Waals surface area contributed by atoms with E-state index >= 15 is 0 Å². The van der Waals surface area contributed by atoms with Crippen molar-refractivity contribution in [2.24, 2.45) is 17.3 Å². The molecule has 1 aromatic heterocycles. The van der Waals surface area contributed by atoms with Gasteiger partial charge in [-0.05, 0) is 25.0 Å². The second kappa shape index (κ2) is 12.3. The second-order valence-corrected chi connectivity index (χ2v) is 9.33. The van der Waals surface area contributed by atoms with Crippen molar-refractivity contribution in [2.45, 2.75) is 39.2 Å². The summed E-state index contributed by atoms with van der Waals surface area (Å²) in [5.41, 5.74) is -0.699. The molecule has 3 heterocycles. The van der Waals surface area contributed by atoms with E-state index < -0.39 is 17.2 Å². The summed E-state index contributed by atoms with van der Waals surface area (Å²) in [6, 6.07) is 4.78. The normalized spacial score (nSPS) is 16.0. The first-order valence-corrected chi connectivity index (χ1v) is 13.0. The van der Waals surface area contributed by atoms with Crippen LogP contribution >= 0.6 is 0 Å². The van der Waals surface area contributed by atoms with Crippen LogP contribution in [0.3, 0.4) is 0 Å². The summed E-state index contributed by atoms with van der Waals surface area (Å²) in [5.74, 6) is -0.844. The van der Waals surface area contributed by atoms with Crippen molar-refractivity contribution in [1.82, 2.24) is 18.9 Å². The van der Waals surface area contributed by atoms with Crippen molar-refractivity contribution in [1.29, 1.82) is 0 Å². The lowest BCUT2D eigenvalue weighted by molar-refractivity contribution is 0.0355. The predicted octanol–water partition coefficient (Wildman–Crippen LogP) is 2.48. The van der Waals surface area contributed by atoms with Crippen LogP contribution in [-0.2, 0) is 18.3 Å².